The number of hydrogen-bond acceptors (Lipinski definition) is 6. The van der Waals surface area contributed by atoms with Gasteiger partial charge in [-0.25, -0.2) is 13.2 Å². The van der Waals surface area contributed by atoms with E-state index in [-0.39, 0.29) is 36.4 Å². The van der Waals surface area contributed by atoms with Gasteiger partial charge in [0.15, 0.2) is 0 Å². The maximum absolute atomic E-state index is 13.0. The van der Waals surface area contributed by atoms with Crippen LogP contribution in [0.5, 0.6) is 0 Å². The summed E-state index contributed by atoms with van der Waals surface area (Å²) in [5, 5.41) is 12.8. The summed E-state index contributed by atoms with van der Waals surface area (Å²) in [6, 6.07) is 7.27. The lowest BCUT2D eigenvalue weighted by atomic mass is 9.77. The fourth-order valence-electron chi connectivity index (χ4n) is 4.80. The van der Waals surface area contributed by atoms with Crippen LogP contribution in [0.3, 0.4) is 0 Å². The minimum Gasteiger partial charge on any atom is -0.322 e. The zero-order valence-electron chi connectivity index (χ0n) is 18.4. The number of amides is 4. The van der Waals surface area contributed by atoms with Gasteiger partial charge >= 0.3 is 6.03 Å². The largest absolute Gasteiger partial charge is 0.344 e. The average molecular weight is 474 g/mol. The average Bonchev–Trinajstić information content (AvgIpc) is 3.05. The molecule has 2 heterocycles. The van der Waals surface area contributed by atoms with E-state index in [0.29, 0.717) is 18.8 Å². The lowest BCUT2D eigenvalue weighted by Crippen LogP contribution is -2.53. The molecule has 10 nitrogen and oxygen atoms in total. The van der Waals surface area contributed by atoms with Gasteiger partial charge in [-0.15, -0.1) is 0 Å². The van der Waals surface area contributed by atoms with Crippen LogP contribution < -0.4 is 10.7 Å². The third-order valence-electron chi connectivity index (χ3n) is 6.96. The highest BCUT2D eigenvalue weighted by Gasteiger charge is 2.53. The molecule has 0 radical (unpaired) electrons. The molecule has 3 fully saturated rings. The molecule has 2 aliphatic heterocycles. The summed E-state index contributed by atoms with van der Waals surface area (Å²) in [5.41, 5.74) is 1.59. The van der Waals surface area contributed by atoms with E-state index in [1.807, 2.05) is 6.07 Å². The molecule has 0 unspecified atom stereocenters. The monoisotopic (exact) mass is 473 g/mol. The Hall–Kier alpha value is -2.97. The second-order valence-corrected chi connectivity index (χ2v) is 11.0. The molecule has 1 aromatic carbocycles. The van der Waals surface area contributed by atoms with Crippen LogP contribution >= 0.6 is 0 Å². The molecule has 2 N–H and O–H groups in total. The van der Waals surface area contributed by atoms with Crippen molar-refractivity contribution in [2.75, 3.05) is 13.1 Å². The third-order valence-corrected chi connectivity index (χ3v) is 8.92. The first-order valence-corrected chi connectivity index (χ1v) is 12.6. The lowest BCUT2D eigenvalue weighted by Gasteiger charge is -2.33. The molecule has 2 saturated heterocycles. The van der Waals surface area contributed by atoms with E-state index in [0.717, 1.165) is 17.9 Å². The van der Waals surface area contributed by atoms with Crippen molar-refractivity contribution in [3.8, 4) is 6.07 Å². The van der Waals surface area contributed by atoms with Gasteiger partial charge in [-0.1, -0.05) is 19.1 Å². The molecule has 11 heteroatoms. The lowest BCUT2D eigenvalue weighted by molar-refractivity contribution is -0.142. The Balaban J connectivity index is 1.38. The summed E-state index contributed by atoms with van der Waals surface area (Å²) in [6.45, 7) is 2.31. The first kappa shape index (κ1) is 23.2. The van der Waals surface area contributed by atoms with Gasteiger partial charge in [0.25, 0.3) is 5.91 Å². The fraction of sp³-hybridized carbons (Fsp3) is 0.545. The van der Waals surface area contributed by atoms with Gasteiger partial charge in [0.2, 0.25) is 15.9 Å². The van der Waals surface area contributed by atoms with Crippen LogP contribution in [-0.2, 0) is 19.6 Å². The van der Waals surface area contributed by atoms with Crippen molar-refractivity contribution in [3.05, 3.63) is 29.8 Å². The highest BCUT2D eigenvalue weighted by molar-refractivity contribution is 7.89. The number of nitrogens with zero attached hydrogens (tertiary/aromatic N) is 3. The van der Waals surface area contributed by atoms with Crippen LogP contribution in [0.1, 0.15) is 51.0 Å². The van der Waals surface area contributed by atoms with E-state index in [4.69, 9.17) is 0 Å². The molecule has 1 aromatic rings. The number of carbonyl (C=O) groups excluding carboxylic acids is 3. The van der Waals surface area contributed by atoms with Gasteiger partial charge in [0, 0.05) is 19.0 Å². The molecule has 0 bridgehead atoms. The summed E-state index contributed by atoms with van der Waals surface area (Å²) < 4.78 is 27.2. The van der Waals surface area contributed by atoms with Crippen LogP contribution in [0, 0.1) is 23.2 Å². The molecule has 1 spiro atoms. The number of nitriles is 1. The number of nitrogens with one attached hydrogen (secondary N) is 2. The zero-order chi connectivity index (χ0) is 23.8. The van der Waals surface area contributed by atoms with Crippen molar-refractivity contribution in [1.29, 1.82) is 5.26 Å². The molecule has 4 amide bonds. The van der Waals surface area contributed by atoms with E-state index in [1.54, 1.807) is 12.1 Å². The van der Waals surface area contributed by atoms with Crippen LogP contribution in [-0.4, -0.2) is 54.2 Å². The third kappa shape index (κ3) is 4.20. The first-order valence-electron chi connectivity index (χ1n) is 11.1. The van der Waals surface area contributed by atoms with Crippen LogP contribution in [0.15, 0.2) is 29.2 Å². The van der Waals surface area contributed by atoms with Crippen LogP contribution in [0.2, 0.25) is 0 Å². The Bertz CT molecular complexity index is 1110. The van der Waals surface area contributed by atoms with Gasteiger partial charge in [0.1, 0.15) is 11.6 Å². The van der Waals surface area contributed by atoms with E-state index in [9.17, 15) is 28.1 Å². The summed E-state index contributed by atoms with van der Waals surface area (Å²) in [5.74, 6) is -0.952. The number of urea groups is 1. The molecule has 33 heavy (non-hydrogen) atoms. The van der Waals surface area contributed by atoms with Gasteiger partial charge in [-0.2, -0.15) is 14.6 Å². The highest BCUT2D eigenvalue weighted by Crippen LogP contribution is 2.36. The van der Waals surface area contributed by atoms with Gasteiger partial charge < -0.3 is 5.32 Å². The Kier molecular flexibility index (Phi) is 6.16. The molecule has 3 aliphatic rings. The number of imide groups is 1. The Morgan fingerprint density at radius 2 is 1.79 bits per heavy atom. The standard InChI is InChI=1S/C22H27N5O5S/c1-15-6-10-22(11-7-15)20(29)27(21(30)24-22)25-19(28)16-8-12-26(13-9-16)33(31,32)18-5-3-2-4-17(18)14-23/h2-5,15-16H,6-13H2,1H3,(H,24,30)(H,25,28). The van der Waals surface area contributed by atoms with Crippen molar-refractivity contribution in [2.45, 2.75) is 55.9 Å². The fourth-order valence-corrected chi connectivity index (χ4v) is 6.41. The van der Waals surface area contributed by atoms with Crippen LogP contribution in [0.25, 0.3) is 0 Å². The number of hydrazine groups is 1. The van der Waals surface area contributed by atoms with Crippen molar-refractivity contribution in [3.63, 3.8) is 0 Å². The summed E-state index contributed by atoms with van der Waals surface area (Å²) >= 11 is 0. The predicted molar refractivity (Wildman–Crippen MR) is 117 cm³/mol. The topological polar surface area (TPSA) is 140 Å². The summed E-state index contributed by atoms with van der Waals surface area (Å²) in [7, 11) is -3.87. The van der Waals surface area contributed by atoms with Gasteiger partial charge in [-0.3, -0.25) is 15.0 Å². The quantitative estimate of drug-likeness (QED) is 0.635. The molecule has 1 saturated carbocycles. The Labute approximate surface area is 192 Å². The number of rotatable bonds is 4. The predicted octanol–water partition coefficient (Wildman–Crippen LogP) is 1.49. The molecule has 176 valence electrons. The normalized spacial score (nSPS) is 26.8. The smallest absolute Gasteiger partial charge is 0.322 e. The summed E-state index contributed by atoms with van der Waals surface area (Å²) in [4.78, 5) is 38.1. The van der Waals surface area contributed by atoms with E-state index < -0.39 is 39.3 Å². The minimum absolute atomic E-state index is 0.0539. The van der Waals surface area contributed by atoms with E-state index >= 15 is 0 Å². The number of sulfonamides is 1. The number of piperidine rings is 1. The van der Waals surface area contributed by atoms with Crippen molar-refractivity contribution >= 4 is 27.9 Å². The summed E-state index contributed by atoms with van der Waals surface area (Å²) in [6.07, 6.45) is 3.24. The van der Waals surface area contributed by atoms with Gasteiger partial charge in [-0.05, 0) is 56.6 Å². The van der Waals surface area contributed by atoms with E-state index in [1.165, 1.54) is 16.4 Å². The van der Waals surface area contributed by atoms with Gasteiger partial charge in [0.05, 0.1) is 10.5 Å². The number of carbonyl (C=O) groups is 3. The zero-order valence-corrected chi connectivity index (χ0v) is 19.2. The van der Waals surface area contributed by atoms with Crippen molar-refractivity contribution in [2.24, 2.45) is 11.8 Å². The number of benzene rings is 1. The second kappa shape index (κ2) is 8.76. The maximum Gasteiger partial charge on any atom is 0.344 e. The van der Waals surface area contributed by atoms with Crippen LogP contribution in [0.4, 0.5) is 4.79 Å². The second-order valence-electron chi connectivity index (χ2n) is 9.10. The number of hydrogen-bond donors (Lipinski definition) is 2. The molecule has 4 rings (SSSR count). The minimum atomic E-state index is -3.87. The van der Waals surface area contributed by atoms with Crippen molar-refractivity contribution in [1.82, 2.24) is 20.1 Å². The molecule has 1 aliphatic carbocycles. The Morgan fingerprint density at radius 1 is 1.15 bits per heavy atom. The maximum atomic E-state index is 13.0. The van der Waals surface area contributed by atoms with Crippen molar-refractivity contribution < 1.29 is 22.8 Å². The van der Waals surface area contributed by atoms with E-state index in [2.05, 4.69) is 17.7 Å². The first-order chi connectivity index (χ1) is 15.7. The molecule has 0 atom stereocenters. The highest BCUT2D eigenvalue weighted by atomic mass is 32.2. The molecular weight excluding hydrogens is 446 g/mol. The molecular formula is C22H27N5O5S. The molecule has 0 aromatic heterocycles. The Morgan fingerprint density at radius 3 is 2.42 bits per heavy atom. The SMILES string of the molecule is CC1CCC2(CC1)NC(=O)N(NC(=O)C1CCN(S(=O)(=O)c3ccccc3C#N)CC1)C2=O.